The number of benzene rings is 3. The minimum atomic E-state index is -0.232. The van der Waals surface area contributed by atoms with Crippen molar-refractivity contribution in [1.29, 1.82) is 0 Å². The van der Waals surface area contributed by atoms with Gasteiger partial charge in [-0.25, -0.2) is 4.98 Å². The van der Waals surface area contributed by atoms with E-state index in [9.17, 15) is 4.79 Å². The number of amides is 1. The van der Waals surface area contributed by atoms with Gasteiger partial charge in [0.2, 0.25) is 11.8 Å². The molecule has 1 aromatic heterocycles. The normalized spacial score (nSPS) is 11.1. The fraction of sp³-hybridized carbons (Fsp3) is 0. The lowest BCUT2D eigenvalue weighted by Crippen LogP contribution is -2.07. The van der Waals surface area contributed by atoms with Crippen molar-refractivity contribution in [2.24, 2.45) is 0 Å². The molecule has 0 saturated carbocycles. The van der Waals surface area contributed by atoms with E-state index >= 15 is 0 Å². The third-order valence-corrected chi connectivity index (χ3v) is 4.31. The number of nitrogens with zero attached hydrogens (tertiary/aromatic N) is 1. The highest BCUT2D eigenvalue weighted by Crippen LogP contribution is 2.32. The number of nitrogens with one attached hydrogen (secondary N) is 1. The maximum atomic E-state index is 12.2. The van der Waals surface area contributed by atoms with Crippen LogP contribution in [0.3, 0.4) is 0 Å². The molecule has 0 saturated heterocycles. The van der Waals surface area contributed by atoms with E-state index < -0.39 is 0 Å². The van der Waals surface area contributed by atoms with Gasteiger partial charge in [-0.1, -0.05) is 54.1 Å². The van der Waals surface area contributed by atoms with Crippen molar-refractivity contribution >= 4 is 40.4 Å². The lowest BCUT2D eigenvalue weighted by molar-refractivity contribution is -0.111. The Morgan fingerprint density at radius 1 is 1.00 bits per heavy atom. The van der Waals surface area contributed by atoms with E-state index in [0.717, 1.165) is 11.1 Å². The summed E-state index contributed by atoms with van der Waals surface area (Å²) in [5, 5.41) is 3.33. The van der Waals surface area contributed by atoms with Crippen LogP contribution in [0.15, 0.2) is 83.3 Å². The standard InChI is InChI=1S/C22H15ClN2O2/c23-18-12-11-16(24-21(26)13-10-15-6-2-1-3-7-15)14-17(18)22-25-19-8-4-5-9-20(19)27-22/h1-14H,(H,24,26). The molecule has 0 unspecified atom stereocenters. The van der Waals surface area contributed by atoms with Gasteiger partial charge in [-0.2, -0.15) is 0 Å². The Hall–Kier alpha value is -3.37. The molecule has 1 N–H and O–H groups in total. The molecule has 132 valence electrons. The predicted octanol–water partition coefficient (Wildman–Crippen LogP) is 5.80. The van der Waals surface area contributed by atoms with Crippen LogP contribution in [0.5, 0.6) is 0 Å². The first-order valence-corrected chi connectivity index (χ1v) is 8.76. The Labute approximate surface area is 161 Å². The monoisotopic (exact) mass is 374 g/mol. The lowest BCUT2D eigenvalue weighted by atomic mass is 10.2. The maximum Gasteiger partial charge on any atom is 0.248 e. The molecule has 0 aliphatic rings. The Morgan fingerprint density at radius 3 is 2.59 bits per heavy atom. The fourth-order valence-corrected chi connectivity index (χ4v) is 2.87. The molecule has 4 aromatic rings. The highest BCUT2D eigenvalue weighted by atomic mass is 35.5. The van der Waals surface area contributed by atoms with Crippen LogP contribution in [0.2, 0.25) is 5.02 Å². The molecular weight excluding hydrogens is 360 g/mol. The topological polar surface area (TPSA) is 55.1 Å². The molecule has 0 atom stereocenters. The quantitative estimate of drug-likeness (QED) is 0.459. The Morgan fingerprint density at radius 2 is 1.78 bits per heavy atom. The molecule has 4 nitrogen and oxygen atoms in total. The minimum absolute atomic E-state index is 0.232. The molecule has 0 aliphatic carbocycles. The van der Waals surface area contributed by atoms with Gasteiger partial charge in [0.05, 0.1) is 10.6 Å². The molecule has 1 amide bonds. The average Bonchev–Trinajstić information content (AvgIpc) is 3.13. The zero-order valence-electron chi connectivity index (χ0n) is 14.2. The molecule has 0 radical (unpaired) electrons. The molecule has 27 heavy (non-hydrogen) atoms. The summed E-state index contributed by atoms with van der Waals surface area (Å²) < 4.78 is 5.78. The van der Waals surface area contributed by atoms with Crippen LogP contribution >= 0.6 is 11.6 Å². The summed E-state index contributed by atoms with van der Waals surface area (Å²) in [4.78, 5) is 16.7. The molecule has 5 heteroatoms. The van der Waals surface area contributed by atoms with Crippen LogP contribution < -0.4 is 5.32 Å². The zero-order valence-corrected chi connectivity index (χ0v) is 15.0. The van der Waals surface area contributed by atoms with Crippen LogP contribution in [0.25, 0.3) is 28.6 Å². The number of oxazole rings is 1. The van der Waals surface area contributed by atoms with Crippen molar-refractivity contribution in [3.05, 3.63) is 89.5 Å². The summed E-state index contributed by atoms with van der Waals surface area (Å²) in [6.07, 6.45) is 3.25. The minimum Gasteiger partial charge on any atom is -0.436 e. The molecule has 3 aromatic carbocycles. The van der Waals surface area contributed by atoms with Gasteiger partial charge in [0.15, 0.2) is 5.58 Å². The highest BCUT2D eigenvalue weighted by Gasteiger charge is 2.13. The van der Waals surface area contributed by atoms with Gasteiger partial charge in [-0.05, 0) is 42.0 Å². The molecule has 4 rings (SSSR count). The Kier molecular flexibility index (Phi) is 4.73. The third kappa shape index (κ3) is 3.91. The summed E-state index contributed by atoms with van der Waals surface area (Å²) in [7, 11) is 0. The van der Waals surface area contributed by atoms with Crippen LogP contribution in [0.1, 0.15) is 5.56 Å². The van der Waals surface area contributed by atoms with Crippen molar-refractivity contribution in [3.8, 4) is 11.5 Å². The molecular formula is C22H15ClN2O2. The predicted molar refractivity (Wildman–Crippen MR) is 109 cm³/mol. The van der Waals surface area contributed by atoms with E-state index in [0.29, 0.717) is 27.7 Å². The van der Waals surface area contributed by atoms with E-state index in [4.69, 9.17) is 16.0 Å². The van der Waals surface area contributed by atoms with Gasteiger partial charge < -0.3 is 9.73 Å². The zero-order chi connectivity index (χ0) is 18.6. The van der Waals surface area contributed by atoms with Crippen LogP contribution in [-0.2, 0) is 4.79 Å². The number of anilines is 1. The first kappa shape index (κ1) is 17.1. The lowest BCUT2D eigenvalue weighted by Gasteiger charge is -2.05. The average molecular weight is 375 g/mol. The number of halogens is 1. The number of rotatable bonds is 4. The number of aromatic nitrogens is 1. The van der Waals surface area contributed by atoms with Crippen LogP contribution in [0, 0.1) is 0 Å². The van der Waals surface area contributed by atoms with Gasteiger partial charge in [0, 0.05) is 11.8 Å². The van der Waals surface area contributed by atoms with Crippen molar-refractivity contribution in [2.45, 2.75) is 0 Å². The number of hydrogen-bond donors (Lipinski definition) is 1. The fourth-order valence-electron chi connectivity index (χ4n) is 2.67. The van der Waals surface area contributed by atoms with Crippen LogP contribution in [-0.4, -0.2) is 10.9 Å². The smallest absolute Gasteiger partial charge is 0.248 e. The molecule has 0 spiro atoms. The second-order valence-electron chi connectivity index (χ2n) is 5.91. The van der Waals surface area contributed by atoms with Gasteiger partial charge in [-0.3, -0.25) is 4.79 Å². The molecule has 0 fully saturated rings. The van der Waals surface area contributed by atoms with E-state index in [1.54, 1.807) is 24.3 Å². The van der Waals surface area contributed by atoms with E-state index in [2.05, 4.69) is 10.3 Å². The summed E-state index contributed by atoms with van der Waals surface area (Å²) in [6.45, 7) is 0. The first-order chi connectivity index (χ1) is 13.2. The number of carbonyl (C=O) groups excluding carboxylic acids is 1. The van der Waals surface area contributed by atoms with Gasteiger partial charge in [0.1, 0.15) is 5.52 Å². The number of fused-ring (bicyclic) bond motifs is 1. The van der Waals surface area contributed by atoms with Crippen molar-refractivity contribution < 1.29 is 9.21 Å². The maximum absolute atomic E-state index is 12.2. The van der Waals surface area contributed by atoms with Gasteiger partial charge >= 0.3 is 0 Å². The van der Waals surface area contributed by atoms with Crippen molar-refractivity contribution in [1.82, 2.24) is 4.98 Å². The second-order valence-corrected chi connectivity index (χ2v) is 6.32. The summed E-state index contributed by atoms with van der Waals surface area (Å²) in [6, 6.07) is 22.3. The first-order valence-electron chi connectivity index (χ1n) is 8.39. The Balaban J connectivity index is 1.57. The highest BCUT2D eigenvalue weighted by molar-refractivity contribution is 6.33. The largest absolute Gasteiger partial charge is 0.436 e. The second kappa shape index (κ2) is 7.48. The SMILES string of the molecule is O=C(C=Cc1ccccc1)Nc1ccc(Cl)c(-c2nc3ccccc3o2)c1. The molecule has 0 bridgehead atoms. The number of carbonyl (C=O) groups is 1. The summed E-state index contributed by atoms with van der Waals surface area (Å²) in [5.41, 5.74) is 3.63. The van der Waals surface area contributed by atoms with Gasteiger partial charge in [-0.15, -0.1) is 0 Å². The Bertz CT molecular complexity index is 1100. The van der Waals surface area contributed by atoms with Crippen LogP contribution in [0.4, 0.5) is 5.69 Å². The van der Waals surface area contributed by atoms with E-state index in [1.165, 1.54) is 6.08 Å². The third-order valence-electron chi connectivity index (χ3n) is 3.98. The number of hydrogen-bond acceptors (Lipinski definition) is 3. The van der Waals surface area contributed by atoms with Gasteiger partial charge in [0.25, 0.3) is 0 Å². The van der Waals surface area contributed by atoms with E-state index in [1.807, 2.05) is 54.6 Å². The van der Waals surface area contributed by atoms with Crippen molar-refractivity contribution in [3.63, 3.8) is 0 Å². The molecule has 0 aliphatic heterocycles. The van der Waals surface area contributed by atoms with E-state index in [-0.39, 0.29) is 5.91 Å². The number of para-hydroxylation sites is 2. The summed E-state index contributed by atoms with van der Waals surface area (Å²) >= 11 is 6.31. The summed E-state index contributed by atoms with van der Waals surface area (Å²) in [5.74, 6) is 0.182. The molecule has 1 heterocycles. The van der Waals surface area contributed by atoms with Crippen molar-refractivity contribution in [2.75, 3.05) is 5.32 Å².